The first-order valence-electron chi connectivity index (χ1n) is 24.8. The van der Waals surface area contributed by atoms with Gasteiger partial charge in [-0.05, 0) is 26.0 Å². The molecule has 4 aliphatic carbocycles. The summed E-state index contributed by atoms with van der Waals surface area (Å²) in [7, 11) is 2.56. The molecule has 0 aromatic heterocycles. The number of nitrogens with one attached hydrogen (secondary N) is 1. The van der Waals surface area contributed by atoms with Gasteiger partial charge in [0.15, 0.2) is 35.7 Å². The van der Waals surface area contributed by atoms with Gasteiger partial charge in [-0.1, -0.05) is 24.3 Å². The fourth-order valence-corrected chi connectivity index (χ4v) is 11.9. The van der Waals surface area contributed by atoms with Crippen LogP contribution in [0.1, 0.15) is 138 Å². The highest BCUT2D eigenvalue weighted by atomic mass is 16.7. The molecule has 12 atom stereocenters. The van der Waals surface area contributed by atoms with Crippen LogP contribution in [0.15, 0.2) is 36.4 Å². The van der Waals surface area contributed by atoms with Crippen molar-refractivity contribution in [1.82, 2.24) is 5.32 Å². The zero-order valence-corrected chi connectivity index (χ0v) is 41.9. The number of hydrogen-bond donors (Lipinski definition) is 11. The molecule has 2 saturated heterocycles. The molecule has 2 heterocycles. The lowest BCUT2D eigenvalue weighted by Crippen LogP contribution is -2.57. The first kappa shape index (κ1) is 53.6. The SMILES string of the molecule is COc1cccc2c1C(=O)c1c(O)c3c(c(O)c1C2=O)C[C@@](O)(C(=O)CN[C@H]1C[C@H](OC2C[C@](O)(C(=O)CO)Cc4c(O)c5c(c(O)c42)C(=O)c2c(OC)cccc2C5=O)O[C@@H](C)[C@H]1O)CC3O[C@H]1C[C@H](N)[C@H](O)[C@H](C)O1. The van der Waals surface area contributed by atoms with E-state index in [0.29, 0.717) is 0 Å². The standard InChI is InChI=1S/C54H56N2O21/c1-19-43(60)25(55)11-33(74-19)76-29-15-53(70,13-23-37(29)51(68)41-39(47(23)64)45(62)21-7-5-9-27(72-3)35(21)49(41)66)31(58)17-56-26-12-34(75-20(2)44(26)61)77-30-16-54(71,32(59)18-57)14-24-38(30)52(69)42-40(48(24)65)46(63)22-8-6-10-28(73-4)36(22)50(42)67/h5-10,19-20,25-26,29-30,33-34,43-44,56-57,60-61,64-65,68-71H,11-18,55H2,1-4H3/t19-,20-,25-,26-,29?,30?,33-,34-,43+,44+,53-,54-/m0/s1. The minimum absolute atomic E-state index is 0.00123. The average Bonchev–Trinajstić information content (AvgIpc) is 3.43. The van der Waals surface area contributed by atoms with E-state index < -0.39 is 191 Å². The zero-order valence-electron chi connectivity index (χ0n) is 41.9. The van der Waals surface area contributed by atoms with E-state index in [1.807, 2.05) is 0 Å². The molecule has 12 N–H and O–H groups in total. The lowest BCUT2D eigenvalue weighted by Gasteiger charge is -2.43. The molecule has 0 saturated carbocycles. The molecule has 77 heavy (non-hydrogen) atoms. The first-order chi connectivity index (χ1) is 36.5. The van der Waals surface area contributed by atoms with E-state index in [4.69, 9.17) is 34.2 Å². The molecule has 0 bridgehead atoms. The Hall–Kier alpha value is -6.74. The maximum atomic E-state index is 14.6. The first-order valence-corrected chi connectivity index (χ1v) is 24.8. The number of ether oxygens (including phenoxy) is 6. The number of fused-ring (bicyclic) bond motifs is 6. The average molecular weight is 1070 g/mol. The summed E-state index contributed by atoms with van der Waals surface area (Å²) in [6.07, 6.45) is -13.5. The second-order valence-electron chi connectivity index (χ2n) is 20.5. The lowest BCUT2D eigenvalue weighted by molar-refractivity contribution is -0.250. The highest BCUT2D eigenvalue weighted by Crippen LogP contribution is 2.55. The van der Waals surface area contributed by atoms with Crippen molar-refractivity contribution in [3.8, 4) is 34.5 Å². The Kier molecular flexibility index (Phi) is 13.7. The van der Waals surface area contributed by atoms with Crippen LogP contribution in [-0.2, 0) is 41.4 Å². The predicted octanol–water partition coefficient (Wildman–Crippen LogP) is 0.655. The maximum absolute atomic E-state index is 14.6. The second kappa shape index (κ2) is 19.6. The molecule has 2 unspecified atom stereocenters. The number of phenols is 4. The summed E-state index contributed by atoms with van der Waals surface area (Å²) in [5.41, 5.74) is -2.93. The molecule has 2 fully saturated rings. The van der Waals surface area contributed by atoms with Gasteiger partial charge in [0.2, 0.25) is 11.6 Å². The Bertz CT molecular complexity index is 3200. The number of carbonyl (C=O) groups is 6. The summed E-state index contributed by atoms with van der Waals surface area (Å²) in [5, 5.41) is 107. The van der Waals surface area contributed by atoms with E-state index in [-0.39, 0.29) is 68.8 Å². The van der Waals surface area contributed by atoms with Crippen molar-refractivity contribution in [3.63, 3.8) is 0 Å². The number of ketones is 6. The monoisotopic (exact) mass is 1070 g/mol. The zero-order chi connectivity index (χ0) is 55.5. The van der Waals surface area contributed by atoms with E-state index in [9.17, 15) is 74.7 Å². The summed E-state index contributed by atoms with van der Waals surface area (Å²) in [4.78, 5) is 84.2. The fraction of sp³-hybridized carbons (Fsp3) is 0.444. The normalized spacial score (nSPS) is 30.3. The Morgan fingerprint density at radius 3 is 1.51 bits per heavy atom. The number of phenolic OH excluding ortho intramolecular Hbond substituents is 4. The molecule has 10 rings (SSSR count). The summed E-state index contributed by atoms with van der Waals surface area (Å²) >= 11 is 0. The number of methoxy groups -OCH3 is 2. The summed E-state index contributed by atoms with van der Waals surface area (Å²) in [6, 6.07) is 6.45. The molecule has 23 nitrogen and oxygen atoms in total. The minimum atomic E-state index is -2.48. The van der Waals surface area contributed by atoms with Gasteiger partial charge in [0.05, 0.1) is 90.8 Å². The Labute approximate surface area is 437 Å². The third kappa shape index (κ3) is 8.48. The fourth-order valence-electron chi connectivity index (χ4n) is 11.9. The Morgan fingerprint density at radius 2 is 1.06 bits per heavy atom. The predicted molar refractivity (Wildman–Crippen MR) is 260 cm³/mol. The van der Waals surface area contributed by atoms with Crippen molar-refractivity contribution in [1.29, 1.82) is 0 Å². The van der Waals surface area contributed by atoms with Crippen molar-refractivity contribution in [2.24, 2.45) is 5.73 Å². The van der Waals surface area contributed by atoms with Gasteiger partial charge in [-0.2, -0.15) is 0 Å². The third-order valence-corrected chi connectivity index (χ3v) is 15.9. The van der Waals surface area contributed by atoms with Crippen LogP contribution in [0, 0.1) is 0 Å². The largest absolute Gasteiger partial charge is 0.507 e. The highest BCUT2D eigenvalue weighted by Gasteiger charge is 2.53. The van der Waals surface area contributed by atoms with Crippen LogP contribution in [0.4, 0.5) is 0 Å². The third-order valence-electron chi connectivity index (χ3n) is 15.9. The number of carbonyl (C=O) groups excluding carboxylic acids is 6. The van der Waals surface area contributed by atoms with Crippen molar-refractivity contribution >= 4 is 34.7 Å². The van der Waals surface area contributed by atoms with Gasteiger partial charge in [0.1, 0.15) is 52.3 Å². The van der Waals surface area contributed by atoms with Crippen LogP contribution in [-0.4, -0.2) is 168 Å². The number of aliphatic hydroxyl groups excluding tert-OH is 3. The smallest absolute Gasteiger partial charge is 0.202 e. The van der Waals surface area contributed by atoms with Crippen LogP contribution >= 0.6 is 0 Å². The number of Topliss-reactive ketones (excluding diaryl/α,β-unsaturated/α-hetero) is 2. The molecule has 408 valence electrons. The molecule has 2 aliphatic heterocycles. The molecule has 0 spiro atoms. The number of hydrogen-bond acceptors (Lipinski definition) is 23. The molecule has 4 aromatic carbocycles. The summed E-state index contributed by atoms with van der Waals surface area (Å²) in [5.74, 6) is -8.76. The van der Waals surface area contributed by atoms with Gasteiger partial charge in [0.25, 0.3) is 0 Å². The van der Waals surface area contributed by atoms with Crippen LogP contribution < -0.4 is 20.5 Å². The maximum Gasteiger partial charge on any atom is 0.202 e. The molecule has 4 aromatic rings. The number of aliphatic hydroxyl groups is 5. The summed E-state index contributed by atoms with van der Waals surface area (Å²) < 4.78 is 35.3. The van der Waals surface area contributed by atoms with E-state index in [0.717, 1.165) is 0 Å². The summed E-state index contributed by atoms with van der Waals surface area (Å²) in [6.45, 7) is 1.11. The van der Waals surface area contributed by atoms with Crippen molar-refractivity contribution in [2.75, 3.05) is 27.4 Å². The van der Waals surface area contributed by atoms with Crippen LogP contribution in [0.2, 0.25) is 0 Å². The van der Waals surface area contributed by atoms with Crippen molar-refractivity contribution in [3.05, 3.63) is 103 Å². The minimum Gasteiger partial charge on any atom is -0.507 e. The van der Waals surface area contributed by atoms with Crippen LogP contribution in [0.3, 0.4) is 0 Å². The highest BCUT2D eigenvalue weighted by molar-refractivity contribution is 6.32. The van der Waals surface area contributed by atoms with E-state index in [2.05, 4.69) is 5.32 Å². The van der Waals surface area contributed by atoms with Gasteiger partial charge in [-0.15, -0.1) is 0 Å². The van der Waals surface area contributed by atoms with Crippen molar-refractivity contribution in [2.45, 2.75) is 125 Å². The molecular formula is C54H56N2O21. The lowest BCUT2D eigenvalue weighted by atomic mass is 9.71. The van der Waals surface area contributed by atoms with Crippen molar-refractivity contribution < 1.29 is 103 Å². The van der Waals surface area contributed by atoms with E-state index in [1.165, 1.54) is 64.5 Å². The van der Waals surface area contributed by atoms with Gasteiger partial charge in [-0.25, -0.2) is 0 Å². The van der Waals surface area contributed by atoms with E-state index >= 15 is 0 Å². The number of benzene rings is 4. The van der Waals surface area contributed by atoms with Gasteiger partial charge in [-0.3, -0.25) is 28.8 Å². The molecule has 23 heteroatoms. The van der Waals surface area contributed by atoms with Crippen LogP contribution in [0.5, 0.6) is 34.5 Å². The van der Waals surface area contributed by atoms with Crippen LogP contribution in [0.25, 0.3) is 0 Å². The van der Waals surface area contributed by atoms with Gasteiger partial charge in [0, 0.05) is 84.0 Å². The molecular weight excluding hydrogens is 1010 g/mol. The van der Waals surface area contributed by atoms with Gasteiger partial charge >= 0.3 is 0 Å². The van der Waals surface area contributed by atoms with E-state index in [1.54, 1.807) is 0 Å². The number of rotatable bonds is 12. The number of aromatic hydroxyl groups is 4. The quantitative estimate of drug-likeness (QED) is 0.0750. The Balaban J connectivity index is 0.949. The van der Waals surface area contributed by atoms with Gasteiger partial charge < -0.3 is 85.4 Å². The Morgan fingerprint density at radius 1 is 0.636 bits per heavy atom. The second-order valence-corrected chi connectivity index (χ2v) is 20.5. The molecule has 0 radical (unpaired) electrons. The topological polar surface area (TPSA) is 378 Å². The molecule has 0 amide bonds. The number of nitrogens with two attached hydrogens (primary N) is 1. The molecule has 6 aliphatic rings.